The summed E-state index contributed by atoms with van der Waals surface area (Å²) in [4.78, 5) is 27.8. The molecule has 1 aromatic heterocycles. The lowest BCUT2D eigenvalue weighted by molar-refractivity contribution is -0.118. The van der Waals surface area contributed by atoms with Crippen LogP contribution in [0.3, 0.4) is 0 Å². The quantitative estimate of drug-likeness (QED) is 0.762. The molecule has 120 valence electrons. The van der Waals surface area contributed by atoms with Gasteiger partial charge in [0.25, 0.3) is 5.91 Å². The smallest absolute Gasteiger partial charge is 0.319 e. The van der Waals surface area contributed by atoms with Gasteiger partial charge in [0.05, 0.1) is 30.2 Å². The zero-order chi connectivity index (χ0) is 16.3. The Morgan fingerprint density at radius 3 is 2.86 bits per heavy atom. The van der Waals surface area contributed by atoms with Crippen LogP contribution in [0.25, 0.3) is 0 Å². The second-order valence-corrected chi connectivity index (χ2v) is 5.97. The summed E-state index contributed by atoms with van der Waals surface area (Å²) in [6.07, 6.45) is 3.53. The topological polar surface area (TPSA) is 88.1 Å². The van der Waals surface area contributed by atoms with E-state index in [1.165, 1.54) is 0 Å². The van der Waals surface area contributed by atoms with Crippen molar-refractivity contribution in [3.63, 3.8) is 0 Å². The summed E-state index contributed by atoms with van der Waals surface area (Å²) >= 11 is 0. The number of nitrogens with one attached hydrogen (secondary N) is 3. The van der Waals surface area contributed by atoms with Crippen molar-refractivity contribution in [2.45, 2.75) is 46.8 Å². The molecule has 1 aliphatic rings. The van der Waals surface area contributed by atoms with E-state index in [-0.39, 0.29) is 18.0 Å². The number of rotatable bonds is 5. The Hall–Kier alpha value is -2.31. The fraction of sp³-hybridized carbons (Fsp3) is 0.533. The first kappa shape index (κ1) is 16.1. The maximum absolute atomic E-state index is 12.4. The summed E-state index contributed by atoms with van der Waals surface area (Å²) in [6, 6.07) is -0.592. The van der Waals surface area contributed by atoms with E-state index >= 15 is 0 Å². The van der Waals surface area contributed by atoms with Gasteiger partial charge in [0.2, 0.25) is 0 Å². The molecule has 0 fully saturated rings. The number of hydrogen-bond acceptors (Lipinski definition) is 3. The first-order valence-electron chi connectivity index (χ1n) is 7.44. The Bertz CT molecular complexity index is 603. The normalized spacial score (nSPS) is 18.2. The molecule has 1 aromatic rings. The third kappa shape index (κ3) is 3.66. The Kier molecular flexibility index (Phi) is 4.85. The molecule has 0 saturated heterocycles. The lowest BCUT2D eigenvalue weighted by Crippen LogP contribution is -2.50. The lowest BCUT2D eigenvalue weighted by atomic mass is 10.0. The van der Waals surface area contributed by atoms with Crippen LogP contribution in [-0.2, 0) is 17.9 Å². The monoisotopic (exact) mass is 305 g/mol. The second kappa shape index (κ2) is 6.64. The van der Waals surface area contributed by atoms with E-state index in [1.54, 1.807) is 26.4 Å². The van der Waals surface area contributed by atoms with Gasteiger partial charge in [-0.25, -0.2) is 9.78 Å². The van der Waals surface area contributed by atoms with Gasteiger partial charge in [-0.3, -0.25) is 4.79 Å². The van der Waals surface area contributed by atoms with Crippen molar-refractivity contribution in [3.8, 4) is 0 Å². The van der Waals surface area contributed by atoms with Crippen LogP contribution >= 0.6 is 0 Å². The fourth-order valence-corrected chi connectivity index (χ4v) is 2.55. The van der Waals surface area contributed by atoms with Crippen LogP contribution in [0.1, 0.15) is 33.4 Å². The first-order chi connectivity index (χ1) is 10.4. The van der Waals surface area contributed by atoms with E-state index < -0.39 is 0 Å². The molecule has 3 amide bonds. The number of nitrogens with zero attached hydrogens (tertiary/aromatic N) is 2. The number of allylic oxidation sites excluding steroid dienone is 1. The number of aromatic nitrogens is 2. The van der Waals surface area contributed by atoms with Crippen molar-refractivity contribution in [3.05, 3.63) is 29.5 Å². The van der Waals surface area contributed by atoms with Crippen LogP contribution in [0.5, 0.6) is 0 Å². The van der Waals surface area contributed by atoms with Crippen molar-refractivity contribution in [2.24, 2.45) is 5.92 Å². The van der Waals surface area contributed by atoms with Gasteiger partial charge in [-0.15, -0.1) is 0 Å². The Morgan fingerprint density at radius 1 is 1.50 bits per heavy atom. The average Bonchev–Trinajstić information content (AvgIpc) is 2.81. The van der Waals surface area contributed by atoms with E-state index in [4.69, 9.17) is 0 Å². The zero-order valence-electron chi connectivity index (χ0n) is 13.4. The maximum atomic E-state index is 12.4. The van der Waals surface area contributed by atoms with Crippen molar-refractivity contribution >= 4 is 11.9 Å². The molecule has 0 bridgehead atoms. The van der Waals surface area contributed by atoms with Gasteiger partial charge in [0.1, 0.15) is 0 Å². The molecule has 1 atom stereocenters. The highest BCUT2D eigenvalue weighted by atomic mass is 16.2. The lowest BCUT2D eigenvalue weighted by Gasteiger charge is -2.25. The molecule has 2 rings (SSSR count). The van der Waals surface area contributed by atoms with Gasteiger partial charge < -0.3 is 20.5 Å². The van der Waals surface area contributed by atoms with E-state index in [1.807, 2.05) is 4.57 Å². The number of carbonyl (C=O) groups excluding carboxylic acids is 2. The molecule has 7 heteroatoms. The number of imidazole rings is 1. The summed E-state index contributed by atoms with van der Waals surface area (Å²) in [7, 11) is 0. The standard InChI is InChI=1S/C15H23N5O2/c1-9(2)7-20-8-16-5-12(20)6-17-14(21)13-10(3)18-15(22)19-11(13)4/h5,8-10H,6-7H2,1-4H3,(H,17,21)(H2,18,19,22). The summed E-state index contributed by atoms with van der Waals surface area (Å²) in [5, 5.41) is 8.20. The van der Waals surface area contributed by atoms with Gasteiger partial charge >= 0.3 is 6.03 Å². The summed E-state index contributed by atoms with van der Waals surface area (Å²) in [5.41, 5.74) is 2.10. The van der Waals surface area contributed by atoms with Crippen molar-refractivity contribution < 1.29 is 9.59 Å². The van der Waals surface area contributed by atoms with Gasteiger partial charge in [0, 0.05) is 18.4 Å². The van der Waals surface area contributed by atoms with Crippen molar-refractivity contribution in [1.29, 1.82) is 0 Å². The van der Waals surface area contributed by atoms with E-state index in [0.29, 0.717) is 23.7 Å². The molecule has 0 spiro atoms. The largest absolute Gasteiger partial charge is 0.347 e. The zero-order valence-corrected chi connectivity index (χ0v) is 13.4. The molecule has 0 aliphatic carbocycles. The summed E-state index contributed by atoms with van der Waals surface area (Å²) in [5.74, 6) is 0.321. The van der Waals surface area contributed by atoms with Crippen LogP contribution in [0.4, 0.5) is 4.79 Å². The van der Waals surface area contributed by atoms with Crippen LogP contribution in [-0.4, -0.2) is 27.5 Å². The molecular weight excluding hydrogens is 282 g/mol. The predicted octanol–water partition coefficient (Wildman–Crippen LogP) is 1.13. The second-order valence-electron chi connectivity index (χ2n) is 5.97. The minimum atomic E-state index is -0.311. The third-order valence-corrected chi connectivity index (χ3v) is 3.52. The maximum Gasteiger partial charge on any atom is 0.319 e. The van der Waals surface area contributed by atoms with Crippen molar-refractivity contribution in [2.75, 3.05) is 0 Å². The van der Waals surface area contributed by atoms with E-state index in [2.05, 4.69) is 34.8 Å². The summed E-state index contributed by atoms with van der Waals surface area (Å²) in [6.45, 7) is 9.06. The highest BCUT2D eigenvalue weighted by molar-refractivity contribution is 5.98. The predicted molar refractivity (Wildman–Crippen MR) is 82.7 cm³/mol. The Morgan fingerprint density at radius 2 is 2.23 bits per heavy atom. The van der Waals surface area contributed by atoms with Crippen LogP contribution < -0.4 is 16.0 Å². The Labute approximate surface area is 130 Å². The molecule has 3 N–H and O–H groups in total. The molecule has 1 aliphatic heterocycles. The molecule has 22 heavy (non-hydrogen) atoms. The minimum absolute atomic E-state index is 0.185. The SMILES string of the molecule is CC1=C(C(=O)NCc2cncn2CC(C)C)C(C)NC(=O)N1. The average molecular weight is 305 g/mol. The molecule has 1 unspecified atom stereocenters. The third-order valence-electron chi connectivity index (χ3n) is 3.52. The summed E-state index contributed by atoms with van der Waals surface area (Å²) < 4.78 is 2.04. The van der Waals surface area contributed by atoms with Gasteiger partial charge in [-0.2, -0.15) is 0 Å². The minimum Gasteiger partial charge on any atom is -0.347 e. The van der Waals surface area contributed by atoms with Crippen LogP contribution in [0.15, 0.2) is 23.8 Å². The molecule has 2 heterocycles. The number of urea groups is 1. The first-order valence-corrected chi connectivity index (χ1v) is 7.44. The van der Waals surface area contributed by atoms with Crippen LogP contribution in [0, 0.1) is 5.92 Å². The molecular formula is C15H23N5O2. The molecule has 7 nitrogen and oxygen atoms in total. The van der Waals surface area contributed by atoms with E-state index in [9.17, 15) is 9.59 Å². The molecule has 0 saturated carbocycles. The van der Waals surface area contributed by atoms with Crippen molar-refractivity contribution in [1.82, 2.24) is 25.5 Å². The van der Waals surface area contributed by atoms with Gasteiger partial charge in [0.15, 0.2) is 0 Å². The fourth-order valence-electron chi connectivity index (χ4n) is 2.55. The molecule has 0 radical (unpaired) electrons. The van der Waals surface area contributed by atoms with Gasteiger partial charge in [-0.1, -0.05) is 13.8 Å². The molecule has 0 aromatic carbocycles. The highest BCUT2D eigenvalue weighted by Crippen LogP contribution is 2.12. The highest BCUT2D eigenvalue weighted by Gasteiger charge is 2.26. The van der Waals surface area contributed by atoms with E-state index in [0.717, 1.165) is 12.2 Å². The number of amides is 3. The number of hydrogen-bond donors (Lipinski definition) is 3. The van der Waals surface area contributed by atoms with Gasteiger partial charge in [-0.05, 0) is 19.8 Å². The van der Waals surface area contributed by atoms with Crippen LogP contribution in [0.2, 0.25) is 0 Å². The Balaban J connectivity index is 2.03. The number of carbonyl (C=O) groups is 2.